The summed E-state index contributed by atoms with van der Waals surface area (Å²) >= 11 is 0. The molecule has 0 aliphatic carbocycles. The number of ether oxygens (including phenoxy) is 1. The van der Waals surface area contributed by atoms with Crippen molar-refractivity contribution in [2.45, 2.75) is 33.4 Å². The summed E-state index contributed by atoms with van der Waals surface area (Å²) in [6.45, 7) is 11.9. The van der Waals surface area contributed by atoms with Gasteiger partial charge in [0.05, 0.1) is 30.7 Å². The minimum atomic E-state index is -0.549. The lowest BCUT2D eigenvalue weighted by Gasteiger charge is -2.40. The van der Waals surface area contributed by atoms with Gasteiger partial charge in [0.1, 0.15) is 0 Å². The molecule has 1 aliphatic heterocycles. The highest BCUT2D eigenvalue weighted by Crippen LogP contribution is 2.19. The molecule has 1 saturated heterocycles. The van der Waals surface area contributed by atoms with Crippen molar-refractivity contribution in [1.82, 2.24) is 29.0 Å². The number of methoxy groups -OCH3 is 1. The first kappa shape index (κ1) is 21.3. The first-order valence-electron chi connectivity index (χ1n) is 10.7. The van der Waals surface area contributed by atoms with Crippen molar-refractivity contribution >= 4 is 5.52 Å². The molecule has 0 saturated carbocycles. The van der Waals surface area contributed by atoms with Crippen LogP contribution in [0.2, 0.25) is 0 Å². The van der Waals surface area contributed by atoms with Crippen molar-refractivity contribution in [3.8, 4) is 11.4 Å². The topological polar surface area (TPSA) is 87.9 Å². The Bertz CT molecular complexity index is 1180. The van der Waals surface area contributed by atoms with Crippen molar-refractivity contribution in [3.05, 3.63) is 57.1 Å². The van der Waals surface area contributed by atoms with Gasteiger partial charge in [0.2, 0.25) is 5.75 Å². The normalized spacial score (nSPS) is 18.2. The number of aromatic amines is 1. The predicted molar refractivity (Wildman–Crippen MR) is 119 cm³/mol. The van der Waals surface area contributed by atoms with Gasteiger partial charge in [-0.1, -0.05) is 13.8 Å². The highest BCUT2D eigenvalue weighted by Gasteiger charge is 2.24. The maximum absolute atomic E-state index is 12.4. The minimum absolute atomic E-state index is 0.0726. The van der Waals surface area contributed by atoms with Gasteiger partial charge in [0, 0.05) is 45.0 Å². The second-order valence-corrected chi connectivity index (χ2v) is 8.69. The van der Waals surface area contributed by atoms with Crippen molar-refractivity contribution in [1.29, 1.82) is 0 Å². The van der Waals surface area contributed by atoms with E-state index in [2.05, 4.69) is 52.8 Å². The van der Waals surface area contributed by atoms with Crippen LogP contribution in [0.3, 0.4) is 0 Å². The Morgan fingerprint density at radius 3 is 2.81 bits per heavy atom. The monoisotopic (exact) mass is 426 g/mol. The predicted octanol–water partition coefficient (Wildman–Crippen LogP) is 1.34. The molecule has 166 valence electrons. The lowest BCUT2D eigenvalue weighted by molar-refractivity contribution is 0.0702. The number of piperazine rings is 1. The van der Waals surface area contributed by atoms with E-state index in [4.69, 9.17) is 4.74 Å². The average Bonchev–Trinajstić information content (AvgIpc) is 3.13. The smallest absolute Gasteiger partial charge is 0.333 e. The van der Waals surface area contributed by atoms with E-state index in [1.54, 1.807) is 10.7 Å². The number of fused-ring (bicyclic) bond motifs is 1. The van der Waals surface area contributed by atoms with Gasteiger partial charge < -0.3 is 4.74 Å². The van der Waals surface area contributed by atoms with E-state index < -0.39 is 11.2 Å². The third kappa shape index (κ3) is 4.42. The Hall–Kier alpha value is -2.91. The molecule has 4 rings (SSSR count). The Morgan fingerprint density at radius 2 is 2.10 bits per heavy atom. The molecule has 3 aromatic heterocycles. The van der Waals surface area contributed by atoms with Crippen LogP contribution < -0.4 is 16.0 Å². The van der Waals surface area contributed by atoms with Crippen LogP contribution in [0.1, 0.15) is 26.3 Å². The number of pyridine rings is 1. The zero-order valence-corrected chi connectivity index (χ0v) is 18.5. The van der Waals surface area contributed by atoms with Gasteiger partial charge in [-0.3, -0.25) is 24.1 Å². The molecule has 1 N–H and O–H groups in total. The maximum atomic E-state index is 12.4. The molecule has 3 aromatic rings. The number of aromatic nitrogens is 4. The molecular formula is C22H30N6O3. The third-order valence-electron chi connectivity index (χ3n) is 5.81. The van der Waals surface area contributed by atoms with Crippen LogP contribution in [0, 0.1) is 5.92 Å². The summed E-state index contributed by atoms with van der Waals surface area (Å²) in [5.41, 5.74) is 1.47. The van der Waals surface area contributed by atoms with E-state index in [9.17, 15) is 9.59 Å². The number of nitrogens with one attached hydrogen (secondary N) is 1. The fourth-order valence-electron chi connectivity index (χ4n) is 4.29. The summed E-state index contributed by atoms with van der Waals surface area (Å²) in [5, 5.41) is 4.36. The summed E-state index contributed by atoms with van der Waals surface area (Å²) in [6, 6.07) is 4.64. The Kier molecular flexibility index (Phi) is 5.97. The Balaban J connectivity index is 1.59. The number of rotatable bonds is 6. The molecule has 9 nitrogen and oxygen atoms in total. The minimum Gasteiger partial charge on any atom is -0.490 e. The van der Waals surface area contributed by atoms with Crippen molar-refractivity contribution in [3.63, 3.8) is 0 Å². The fraction of sp³-hybridized carbons (Fsp3) is 0.500. The van der Waals surface area contributed by atoms with Crippen LogP contribution in [0.15, 0.2) is 40.3 Å². The summed E-state index contributed by atoms with van der Waals surface area (Å²) in [5.74, 6) is 0.745. The average molecular weight is 427 g/mol. The van der Waals surface area contributed by atoms with E-state index in [0.29, 0.717) is 17.6 Å². The molecule has 0 amide bonds. The van der Waals surface area contributed by atoms with Crippen LogP contribution in [-0.4, -0.2) is 68.3 Å². The van der Waals surface area contributed by atoms with Crippen LogP contribution in [0.25, 0.3) is 11.2 Å². The zero-order valence-electron chi connectivity index (χ0n) is 18.5. The maximum Gasteiger partial charge on any atom is 0.333 e. The summed E-state index contributed by atoms with van der Waals surface area (Å²) in [6.07, 6.45) is 4.92. The SMILES string of the molecule is COc1cn(-c2cnn3ccc(CN4CCN(CC(C)C)[C@@H](C)C4)cc23)c(=O)[nH]c1=O. The van der Waals surface area contributed by atoms with Gasteiger partial charge >= 0.3 is 5.69 Å². The van der Waals surface area contributed by atoms with Gasteiger partial charge in [0.25, 0.3) is 5.56 Å². The van der Waals surface area contributed by atoms with Crippen LogP contribution >= 0.6 is 0 Å². The van der Waals surface area contributed by atoms with Crippen LogP contribution in [-0.2, 0) is 6.54 Å². The largest absolute Gasteiger partial charge is 0.490 e. The van der Waals surface area contributed by atoms with Gasteiger partial charge in [-0.05, 0) is 30.5 Å². The summed E-state index contributed by atoms with van der Waals surface area (Å²) in [4.78, 5) is 31.5. The zero-order chi connectivity index (χ0) is 22.1. The number of H-pyrrole nitrogens is 1. The van der Waals surface area contributed by atoms with Crippen molar-refractivity contribution < 1.29 is 4.74 Å². The molecule has 31 heavy (non-hydrogen) atoms. The first-order valence-corrected chi connectivity index (χ1v) is 10.7. The highest BCUT2D eigenvalue weighted by molar-refractivity contribution is 5.64. The third-order valence-corrected chi connectivity index (χ3v) is 5.81. The molecule has 1 atom stereocenters. The lowest BCUT2D eigenvalue weighted by atomic mass is 10.1. The second-order valence-electron chi connectivity index (χ2n) is 8.69. The van der Waals surface area contributed by atoms with Gasteiger partial charge in [-0.2, -0.15) is 5.10 Å². The number of hydrogen-bond donors (Lipinski definition) is 1. The molecule has 1 fully saturated rings. The number of nitrogens with zero attached hydrogens (tertiary/aromatic N) is 5. The molecule has 0 spiro atoms. The molecule has 9 heteroatoms. The highest BCUT2D eigenvalue weighted by atomic mass is 16.5. The van der Waals surface area contributed by atoms with E-state index in [1.807, 2.05) is 6.20 Å². The summed E-state index contributed by atoms with van der Waals surface area (Å²) < 4.78 is 8.16. The molecule has 0 bridgehead atoms. The molecule has 0 unspecified atom stereocenters. The molecule has 0 radical (unpaired) electrons. The fourth-order valence-corrected chi connectivity index (χ4v) is 4.29. The van der Waals surface area contributed by atoms with Gasteiger partial charge in [-0.15, -0.1) is 0 Å². The van der Waals surface area contributed by atoms with Crippen molar-refractivity contribution in [2.24, 2.45) is 5.92 Å². The van der Waals surface area contributed by atoms with Crippen LogP contribution in [0.5, 0.6) is 5.75 Å². The van der Waals surface area contributed by atoms with Crippen LogP contribution in [0.4, 0.5) is 0 Å². The van der Waals surface area contributed by atoms with E-state index in [1.165, 1.54) is 17.9 Å². The standard InChI is InChI=1S/C22H30N6O3/c1-15(2)11-26-8-7-25(12-16(26)3)13-17-5-6-28-18(9-17)19(10-23-28)27-14-20(31-4)21(29)24-22(27)30/h5-6,9-10,14-16H,7-8,11-13H2,1-4H3,(H,24,29,30)/t16-/m0/s1. The Labute approximate surface area is 180 Å². The first-order chi connectivity index (χ1) is 14.9. The quantitative estimate of drug-likeness (QED) is 0.640. The lowest BCUT2D eigenvalue weighted by Crippen LogP contribution is -2.52. The van der Waals surface area contributed by atoms with Gasteiger partial charge in [-0.25, -0.2) is 9.31 Å². The van der Waals surface area contributed by atoms with Crippen molar-refractivity contribution in [2.75, 3.05) is 33.3 Å². The second kappa shape index (κ2) is 8.68. The Morgan fingerprint density at radius 1 is 1.29 bits per heavy atom. The number of hydrogen-bond acceptors (Lipinski definition) is 6. The van der Waals surface area contributed by atoms with E-state index in [-0.39, 0.29) is 5.75 Å². The molecule has 0 aromatic carbocycles. The summed E-state index contributed by atoms with van der Waals surface area (Å²) in [7, 11) is 1.40. The molecular weight excluding hydrogens is 396 g/mol. The van der Waals surface area contributed by atoms with E-state index in [0.717, 1.165) is 43.8 Å². The van der Waals surface area contributed by atoms with E-state index >= 15 is 0 Å². The van der Waals surface area contributed by atoms with Gasteiger partial charge in [0.15, 0.2) is 0 Å². The molecule has 4 heterocycles. The molecule has 1 aliphatic rings.